The van der Waals surface area contributed by atoms with Gasteiger partial charge in [-0.2, -0.15) is 0 Å². The van der Waals surface area contributed by atoms with E-state index in [1.165, 1.54) is 88.6 Å². The molecule has 1 N–H and O–H groups in total. The first kappa shape index (κ1) is 38.4. The van der Waals surface area contributed by atoms with Gasteiger partial charge in [-0.3, -0.25) is 0 Å². The van der Waals surface area contributed by atoms with Crippen LogP contribution in [-0.4, -0.2) is 35.0 Å². The molecule has 0 aliphatic heterocycles. The number of anilines is 2. The van der Waals surface area contributed by atoms with E-state index < -0.39 is 5.82 Å². The lowest BCUT2D eigenvalue weighted by Crippen LogP contribution is -2.20. The second-order valence-corrected chi connectivity index (χ2v) is 12.7. The van der Waals surface area contributed by atoms with Gasteiger partial charge in [0, 0.05) is 22.5 Å². The molecule has 1 heterocycles. The van der Waals surface area contributed by atoms with Crippen LogP contribution in [0.25, 0.3) is 5.57 Å². The third-order valence-electron chi connectivity index (χ3n) is 8.11. The van der Waals surface area contributed by atoms with Gasteiger partial charge in [0.25, 0.3) is 0 Å². The standard InChI is InChI=1S/C23H23ClFN3.C9H21N.C7H14/c1-4-6-21(17-9-7-16(5-2)8-10-17)22-14-26-23(27-15(22)3)28-20-12-18(24)11-19(25)13-20;1-4-6-7-9-10(3)8-5-2;1-7-5-3-2-4-6-7/h6-14H,4-5H2,1-3H3,(H,26,27,28);4-9H2,1-3H3;7H,2-6H2,1H3/b21-6-;;. The Morgan fingerprint density at radius 1 is 0.978 bits per heavy atom. The molecule has 0 unspecified atom stereocenters. The van der Waals surface area contributed by atoms with Gasteiger partial charge in [0.1, 0.15) is 5.82 Å². The average molecular weight is 637 g/mol. The number of hydrogen-bond donors (Lipinski definition) is 1. The zero-order valence-electron chi connectivity index (χ0n) is 29.1. The Morgan fingerprint density at radius 3 is 2.22 bits per heavy atom. The lowest BCUT2D eigenvalue weighted by atomic mass is 9.91. The van der Waals surface area contributed by atoms with Crippen LogP contribution in [0.3, 0.4) is 0 Å². The maximum Gasteiger partial charge on any atom is 0.227 e. The Labute approximate surface area is 278 Å². The number of nitrogens with one attached hydrogen (secondary N) is 1. The summed E-state index contributed by atoms with van der Waals surface area (Å²) in [7, 11) is 2.21. The summed E-state index contributed by atoms with van der Waals surface area (Å²) in [6, 6.07) is 12.8. The van der Waals surface area contributed by atoms with Gasteiger partial charge in [0.15, 0.2) is 0 Å². The third kappa shape index (κ3) is 14.9. The quantitative estimate of drug-likeness (QED) is 0.201. The second kappa shape index (κ2) is 21.9. The van der Waals surface area contributed by atoms with E-state index in [4.69, 9.17) is 11.6 Å². The van der Waals surface area contributed by atoms with E-state index in [1.807, 2.05) is 6.92 Å². The second-order valence-electron chi connectivity index (χ2n) is 12.3. The van der Waals surface area contributed by atoms with Crippen molar-refractivity contribution in [2.45, 2.75) is 112 Å². The predicted octanol–water partition coefficient (Wildman–Crippen LogP) is 11.8. The highest BCUT2D eigenvalue weighted by molar-refractivity contribution is 6.30. The molecule has 248 valence electrons. The van der Waals surface area contributed by atoms with E-state index in [0.717, 1.165) is 41.2 Å². The third-order valence-corrected chi connectivity index (χ3v) is 8.33. The summed E-state index contributed by atoms with van der Waals surface area (Å²) in [5, 5.41) is 3.33. The van der Waals surface area contributed by atoms with E-state index in [0.29, 0.717) is 16.7 Å². The first-order valence-electron chi connectivity index (χ1n) is 17.3. The van der Waals surface area contributed by atoms with Crippen LogP contribution in [0.5, 0.6) is 0 Å². The highest BCUT2D eigenvalue weighted by atomic mass is 35.5. The van der Waals surface area contributed by atoms with E-state index in [1.54, 1.807) is 12.3 Å². The van der Waals surface area contributed by atoms with Crippen LogP contribution in [0.1, 0.15) is 121 Å². The van der Waals surface area contributed by atoms with Gasteiger partial charge >= 0.3 is 0 Å². The number of benzene rings is 2. The summed E-state index contributed by atoms with van der Waals surface area (Å²) < 4.78 is 13.5. The summed E-state index contributed by atoms with van der Waals surface area (Å²) in [6.45, 7) is 15.6. The molecule has 0 amide bonds. The van der Waals surface area contributed by atoms with Gasteiger partial charge in [-0.05, 0) is 93.6 Å². The van der Waals surface area contributed by atoms with Crippen molar-refractivity contribution in [3.8, 4) is 0 Å². The molecule has 0 saturated heterocycles. The van der Waals surface area contributed by atoms with Gasteiger partial charge in [0.2, 0.25) is 5.95 Å². The number of hydrogen-bond acceptors (Lipinski definition) is 4. The molecular weight excluding hydrogens is 579 g/mol. The fourth-order valence-corrected chi connectivity index (χ4v) is 5.71. The molecule has 0 spiro atoms. The fourth-order valence-electron chi connectivity index (χ4n) is 5.49. The Balaban J connectivity index is 0.000000338. The number of halogens is 2. The van der Waals surface area contributed by atoms with Crippen LogP contribution < -0.4 is 5.32 Å². The zero-order chi connectivity index (χ0) is 33.0. The summed E-state index contributed by atoms with van der Waals surface area (Å²) in [4.78, 5) is 11.4. The fraction of sp³-hybridized carbons (Fsp3) is 0.538. The average Bonchev–Trinajstić information content (AvgIpc) is 3.01. The minimum absolute atomic E-state index is 0.319. The lowest BCUT2D eigenvalue weighted by molar-refractivity contribution is 0.326. The highest BCUT2D eigenvalue weighted by Gasteiger charge is 2.12. The summed E-state index contributed by atoms with van der Waals surface area (Å²) in [5.74, 6) is 1.03. The molecule has 2 aromatic carbocycles. The molecule has 3 aromatic rings. The van der Waals surface area contributed by atoms with Gasteiger partial charge in [-0.15, -0.1) is 0 Å². The van der Waals surface area contributed by atoms with Crippen molar-refractivity contribution in [1.82, 2.24) is 14.9 Å². The van der Waals surface area contributed by atoms with Crippen LogP contribution in [0.4, 0.5) is 16.0 Å². The molecule has 0 radical (unpaired) electrons. The van der Waals surface area contributed by atoms with Crippen molar-refractivity contribution < 1.29 is 4.39 Å². The lowest BCUT2D eigenvalue weighted by Gasteiger charge is -2.15. The number of aryl methyl sites for hydroxylation is 2. The number of unbranched alkanes of at least 4 members (excludes halogenated alkanes) is 2. The van der Waals surface area contributed by atoms with Gasteiger partial charge < -0.3 is 10.2 Å². The Morgan fingerprint density at radius 2 is 1.69 bits per heavy atom. The molecule has 1 fully saturated rings. The summed E-state index contributed by atoms with van der Waals surface area (Å²) in [6.07, 6.45) is 18.7. The van der Waals surface area contributed by atoms with E-state index in [-0.39, 0.29) is 0 Å². The molecule has 0 bridgehead atoms. The van der Waals surface area contributed by atoms with Crippen molar-refractivity contribution in [3.63, 3.8) is 0 Å². The van der Waals surface area contributed by atoms with Crippen LogP contribution in [0.15, 0.2) is 54.7 Å². The normalized spacial score (nSPS) is 13.5. The molecule has 1 aliphatic rings. The van der Waals surface area contributed by atoms with Crippen molar-refractivity contribution in [3.05, 3.63) is 88.0 Å². The minimum atomic E-state index is -0.410. The largest absolute Gasteiger partial charge is 0.324 e. The van der Waals surface area contributed by atoms with Crippen molar-refractivity contribution in [2.24, 2.45) is 5.92 Å². The monoisotopic (exact) mass is 636 g/mol. The zero-order valence-corrected chi connectivity index (χ0v) is 29.8. The van der Waals surface area contributed by atoms with E-state index in [2.05, 4.69) is 92.2 Å². The molecule has 1 aromatic heterocycles. The first-order chi connectivity index (χ1) is 21.7. The van der Waals surface area contributed by atoms with Gasteiger partial charge in [-0.25, -0.2) is 14.4 Å². The van der Waals surface area contributed by atoms with Crippen LogP contribution in [0.2, 0.25) is 5.02 Å². The maximum atomic E-state index is 13.5. The molecule has 0 atom stereocenters. The van der Waals surface area contributed by atoms with Gasteiger partial charge in [0.05, 0.1) is 5.69 Å². The summed E-state index contributed by atoms with van der Waals surface area (Å²) >= 11 is 5.91. The van der Waals surface area contributed by atoms with Gasteiger partial charge in [-0.1, -0.05) is 122 Å². The number of rotatable bonds is 12. The maximum absolute atomic E-state index is 13.5. The smallest absolute Gasteiger partial charge is 0.227 e. The molecule has 4 rings (SSSR count). The van der Waals surface area contributed by atoms with Crippen LogP contribution in [0, 0.1) is 18.7 Å². The first-order valence-corrected chi connectivity index (χ1v) is 17.6. The highest BCUT2D eigenvalue weighted by Crippen LogP contribution is 2.28. The topological polar surface area (TPSA) is 41.1 Å². The number of allylic oxidation sites excluding steroid dienone is 1. The number of nitrogens with zero attached hydrogens (tertiary/aromatic N) is 3. The van der Waals surface area contributed by atoms with Crippen LogP contribution >= 0.6 is 11.6 Å². The Hall–Kier alpha value is -2.76. The molecule has 1 saturated carbocycles. The molecular formula is C39H58ClFN4. The van der Waals surface area contributed by atoms with Crippen molar-refractivity contribution in [2.75, 3.05) is 25.5 Å². The SMILES string of the molecule is CC/C=C(/c1ccc(CC)cc1)c1cnc(Nc2cc(F)cc(Cl)c2)nc1C.CC1CCCCC1.CCCCCN(C)CCC. The number of aromatic nitrogens is 2. The minimum Gasteiger partial charge on any atom is -0.324 e. The molecule has 4 nitrogen and oxygen atoms in total. The Bertz CT molecular complexity index is 1250. The predicted molar refractivity (Wildman–Crippen MR) is 194 cm³/mol. The van der Waals surface area contributed by atoms with Crippen molar-refractivity contribution >= 4 is 28.8 Å². The van der Waals surface area contributed by atoms with Crippen LogP contribution in [-0.2, 0) is 6.42 Å². The Kier molecular flexibility index (Phi) is 18.7. The molecule has 45 heavy (non-hydrogen) atoms. The van der Waals surface area contributed by atoms with Crippen molar-refractivity contribution in [1.29, 1.82) is 0 Å². The van der Waals surface area contributed by atoms with E-state index >= 15 is 0 Å². The molecule has 6 heteroatoms. The summed E-state index contributed by atoms with van der Waals surface area (Å²) in [5.41, 5.74) is 5.90. The van der Waals surface area contributed by atoms with E-state index in [9.17, 15) is 4.39 Å². The molecule has 1 aliphatic carbocycles.